The van der Waals surface area contributed by atoms with Crippen LogP contribution < -0.4 is 5.32 Å². The van der Waals surface area contributed by atoms with Crippen LogP contribution in [0.15, 0.2) is 28.6 Å². The molecule has 0 aliphatic carbocycles. The van der Waals surface area contributed by atoms with E-state index in [0.717, 1.165) is 16.5 Å². The van der Waals surface area contributed by atoms with Gasteiger partial charge in [-0.15, -0.1) is 10.2 Å². The molecule has 106 valence electrons. The van der Waals surface area contributed by atoms with Gasteiger partial charge in [-0.05, 0) is 31.5 Å². The summed E-state index contributed by atoms with van der Waals surface area (Å²) in [6, 6.07) is 6.20. The number of carbonyl (C=O) groups is 1. The molecule has 0 unspecified atom stereocenters. The van der Waals surface area contributed by atoms with Crippen LogP contribution in [0, 0.1) is 5.82 Å². The molecule has 0 spiro atoms. The number of hydrogen-bond donors (Lipinski definition) is 1. The number of benzene rings is 1. The van der Waals surface area contributed by atoms with E-state index in [2.05, 4.69) is 15.5 Å². The van der Waals surface area contributed by atoms with Crippen LogP contribution in [0.4, 0.5) is 15.2 Å². The largest absolute Gasteiger partial charge is 0.330 e. The predicted octanol–water partition coefficient (Wildman–Crippen LogP) is 3.88. The third-order valence-electron chi connectivity index (χ3n) is 2.38. The van der Waals surface area contributed by atoms with Crippen molar-refractivity contribution in [2.45, 2.75) is 24.1 Å². The topological polar surface area (TPSA) is 54.9 Å². The van der Waals surface area contributed by atoms with Crippen molar-refractivity contribution in [3.63, 3.8) is 0 Å². The fourth-order valence-electron chi connectivity index (χ4n) is 1.49. The van der Waals surface area contributed by atoms with Gasteiger partial charge >= 0.3 is 0 Å². The molecule has 1 N–H and O–H groups in total. The molecule has 0 amide bonds. The average Bonchev–Trinajstić information content (AvgIpc) is 2.82. The number of nitrogens with one attached hydrogen (secondary N) is 1. The smallest absolute Gasteiger partial charge is 0.210 e. The van der Waals surface area contributed by atoms with Crippen molar-refractivity contribution in [2.24, 2.45) is 0 Å². The maximum atomic E-state index is 13.0. The minimum atomic E-state index is -0.293. The molecule has 0 saturated carbocycles. The number of carbonyl (C=O) groups excluding carboxylic acids is 1. The summed E-state index contributed by atoms with van der Waals surface area (Å²) in [6.07, 6.45) is 1.44. The zero-order valence-corrected chi connectivity index (χ0v) is 12.6. The van der Waals surface area contributed by atoms with Gasteiger partial charge in [-0.1, -0.05) is 29.2 Å². The second-order valence-electron chi connectivity index (χ2n) is 4.16. The third kappa shape index (κ3) is 4.90. The second kappa shape index (κ2) is 7.35. The van der Waals surface area contributed by atoms with Crippen LogP contribution in [0.3, 0.4) is 0 Å². The van der Waals surface area contributed by atoms with Gasteiger partial charge in [0, 0.05) is 17.9 Å². The van der Waals surface area contributed by atoms with Crippen molar-refractivity contribution in [3.8, 4) is 0 Å². The lowest BCUT2D eigenvalue weighted by Crippen LogP contribution is -1.90. The van der Waals surface area contributed by atoms with Gasteiger partial charge in [0.2, 0.25) is 5.13 Å². The van der Waals surface area contributed by atoms with E-state index in [1.807, 2.05) is 0 Å². The van der Waals surface area contributed by atoms with E-state index >= 15 is 0 Å². The Morgan fingerprint density at radius 1 is 1.45 bits per heavy atom. The molecule has 2 rings (SSSR count). The molecule has 4 nitrogen and oxygen atoms in total. The Morgan fingerprint density at radius 2 is 2.30 bits per heavy atom. The number of nitrogens with zero attached hydrogens (tertiary/aromatic N) is 2. The van der Waals surface area contributed by atoms with E-state index in [1.165, 1.54) is 23.5 Å². The molecule has 1 aromatic heterocycles. The van der Waals surface area contributed by atoms with Crippen molar-refractivity contribution in [1.82, 2.24) is 10.2 Å². The van der Waals surface area contributed by atoms with Crippen LogP contribution in [0.1, 0.15) is 19.8 Å². The number of rotatable bonds is 7. The minimum absolute atomic E-state index is 0.205. The van der Waals surface area contributed by atoms with E-state index in [4.69, 9.17) is 0 Å². The first kappa shape index (κ1) is 14.9. The molecule has 0 bridgehead atoms. The summed E-state index contributed by atoms with van der Waals surface area (Å²) in [5, 5.41) is 11.7. The normalized spacial score (nSPS) is 10.5. The molecule has 7 heteroatoms. The highest BCUT2D eigenvalue weighted by Crippen LogP contribution is 2.28. The van der Waals surface area contributed by atoms with E-state index in [1.54, 1.807) is 30.8 Å². The van der Waals surface area contributed by atoms with Crippen LogP contribution in [0.2, 0.25) is 0 Å². The van der Waals surface area contributed by atoms with Crippen molar-refractivity contribution in [3.05, 3.63) is 30.1 Å². The zero-order chi connectivity index (χ0) is 14.4. The summed E-state index contributed by atoms with van der Waals surface area (Å²) in [5.41, 5.74) is 0.647. The molecule has 0 radical (unpaired) electrons. The molecule has 0 aliphatic rings. The van der Waals surface area contributed by atoms with Gasteiger partial charge in [-0.3, -0.25) is 0 Å². The summed E-state index contributed by atoms with van der Waals surface area (Å²) in [4.78, 5) is 10.8. The molecule has 2 aromatic rings. The quantitative estimate of drug-likeness (QED) is 0.621. The molecule has 0 saturated heterocycles. The third-order valence-corrected chi connectivity index (χ3v) is 4.44. The van der Waals surface area contributed by atoms with Crippen molar-refractivity contribution >= 4 is 39.7 Å². The maximum absolute atomic E-state index is 13.0. The Labute approximate surface area is 124 Å². The second-order valence-corrected chi connectivity index (χ2v) is 6.48. The highest BCUT2D eigenvalue weighted by Gasteiger charge is 2.05. The molecule has 0 atom stereocenters. The summed E-state index contributed by atoms with van der Waals surface area (Å²) < 4.78 is 13.9. The SMILES string of the molecule is CC(=O)CCCSc1nnc(Nc2cccc(F)c2)s1. The fourth-order valence-corrected chi connectivity index (χ4v) is 3.27. The highest BCUT2D eigenvalue weighted by molar-refractivity contribution is 8.01. The standard InChI is InChI=1S/C13H14FN3OS2/c1-9(18)4-3-7-19-13-17-16-12(20-13)15-11-6-2-5-10(14)8-11/h2,5-6,8H,3-4,7H2,1H3,(H,15,16). The summed E-state index contributed by atoms with van der Waals surface area (Å²) >= 11 is 2.99. The number of Topliss-reactive ketones (excluding diaryl/α,β-unsaturated/α-hetero) is 1. The molecular weight excluding hydrogens is 297 g/mol. The maximum Gasteiger partial charge on any atom is 0.210 e. The fraction of sp³-hybridized carbons (Fsp3) is 0.308. The lowest BCUT2D eigenvalue weighted by atomic mass is 10.3. The highest BCUT2D eigenvalue weighted by atomic mass is 32.2. The van der Waals surface area contributed by atoms with Gasteiger partial charge in [-0.2, -0.15) is 0 Å². The van der Waals surface area contributed by atoms with Crippen molar-refractivity contribution in [2.75, 3.05) is 11.1 Å². The Kier molecular flexibility index (Phi) is 5.49. The molecule has 0 fully saturated rings. The lowest BCUT2D eigenvalue weighted by Gasteiger charge is -2.00. The monoisotopic (exact) mass is 311 g/mol. The van der Waals surface area contributed by atoms with Gasteiger partial charge in [0.15, 0.2) is 4.34 Å². The van der Waals surface area contributed by atoms with Crippen LogP contribution in [-0.2, 0) is 4.79 Å². The lowest BCUT2D eigenvalue weighted by molar-refractivity contribution is -0.117. The first-order valence-electron chi connectivity index (χ1n) is 6.12. The van der Waals surface area contributed by atoms with Crippen LogP contribution in [0.5, 0.6) is 0 Å². The Morgan fingerprint density at radius 3 is 3.05 bits per heavy atom. The first-order valence-corrected chi connectivity index (χ1v) is 7.92. The van der Waals surface area contributed by atoms with E-state index in [9.17, 15) is 9.18 Å². The van der Waals surface area contributed by atoms with Crippen LogP contribution in [0.25, 0.3) is 0 Å². The molecular formula is C13H14FN3OS2. The van der Waals surface area contributed by atoms with E-state index in [0.29, 0.717) is 17.2 Å². The van der Waals surface area contributed by atoms with Gasteiger partial charge in [0.05, 0.1) is 0 Å². The number of aromatic nitrogens is 2. The summed E-state index contributed by atoms with van der Waals surface area (Å²) in [7, 11) is 0. The van der Waals surface area contributed by atoms with Crippen molar-refractivity contribution in [1.29, 1.82) is 0 Å². The first-order chi connectivity index (χ1) is 9.63. The van der Waals surface area contributed by atoms with Crippen molar-refractivity contribution < 1.29 is 9.18 Å². The molecule has 1 heterocycles. The predicted molar refractivity (Wildman–Crippen MR) is 80.2 cm³/mol. The van der Waals surface area contributed by atoms with Gasteiger partial charge < -0.3 is 10.1 Å². The molecule has 0 aliphatic heterocycles. The van der Waals surface area contributed by atoms with Gasteiger partial charge in [0.25, 0.3) is 0 Å². The summed E-state index contributed by atoms with van der Waals surface area (Å²) in [5.74, 6) is 0.753. The minimum Gasteiger partial charge on any atom is -0.330 e. The van der Waals surface area contributed by atoms with E-state index in [-0.39, 0.29) is 11.6 Å². The number of ketones is 1. The van der Waals surface area contributed by atoms with Gasteiger partial charge in [0.1, 0.15) is 11.6 Å². The molecule has 1 aromatic carbocycles. The number of halogens is 1. The Balaban J connectivity index is 1.84. The summed E-state index contributed by atoms with van der Waals surface area (Å²) in [6.45, 7) is 1.59. The van der Waals surface area contributed by atoms with E-state index < -0.39 is 0 Å². The number of anilines is 2. The Bertz CT molecular complexity index is 589. The molecule has 20 heavy (non-hydrogen) atoms. The average molecular weight is 311 g/mol. The van der Waals surface area contributed by atoms with Crippen LogP contribution >= 0.6 is 23.1 Å². The van der Waals surface area contributed by atoms with Gasteiger partial charge in [-0.25, -0.2) is 4.39 Å². The zero-order valence-electron chi connectivity index (χ0n) is 10.9. The number of thioether (sulfide) groups is 1. The Hall–Kier alpha value is -1.47. The van der Waals surface area contributed by atoms with Crippen LogP contribution in [-0.4, -0.2) is 21.7 Å². The number of hydrogen-bond acceptors (Lipinski definition) is 6.